The summed E-state index contributed by atoms with van der Waals surface area (Å²) in [5.41, 5.74) is 4.56. The van der Waals surface area contributed by atoms with Crippen LogP contribution in [-0.2, 0) is 12.8 Å². The van der Waals surface area contributed by atoms with Gasteiger partial charge in [0.15, 0.2) is 0 Å². The molecular weight excluding hydrogens is 327 g/mol. The first-order chi connectivity index (χ1) is 9.15. The zero-order valence-corrected chi connectivity index (χ0v) is 12.6. The largest absolute Gasteiger partial charge is 0.207 e. The van der Waals surface area contributed by atoms with Crippen molar-refractivity contribution >= 4 is 27.5 Å². The molecule has 0 saturated carbocycles. The number of hydrogen-bond acceptors (Lipinski definition) is 0. The first-order valence-corrected chi connectivity index (χ1v) is 7.65. The van der Waals surface area contributed by atoms with Crippen molar-refractivity contribution in [3.05, 3.63) is 69.5 Å². The monoisotopic (exact) mass is 338 g/mol. The average molecular weight is 340 g/mol. The molecule has 1 aliphatic rings. The number of aryl methyl sites for hydroxylation is 2. The Morgan fingerprint density at radius 2 is 1.84 bits per heavy atom. The van der Waals surface area contributed by atoms with E-state index >= 15 is 0 Å². The van der Waals surface area contributed by atoms with Gasteiger partial charge in [0, 0.05) is 10.6 Å². The summed E-state index contributed by atoms with van der Waals surface area (Å²) in [6.45, 7) is 0. The van der Waals surface area contributed by atoms with E-state index in [4.69, 9.17) is 11.6 Å². The zero-order chi connectivity index (χ0) is 13.4. The van der Waals surface area contributed by atoms with Crippen LogP contribution in [0.3, 0.4) is 0 Å². The normalized spacial score (nSPS) is 15.3. The molecule has 0 fully saturated rings. The number of hydrogen-bond donors (Lipinski definition) is 0. The molecule has 0 nitrogen and oxygen atoms in total. The fourth-order valence-electron chi connectivity index (χ4n) is 2.64. The molecule has 1 atom stereocenters. The molecule has 0 aliphatic heterocycles. The Bertz CT molecular complexity index is 624. The van der Waals surface area contributed by atoms with Crippen LogP contribution in [0.15, 0.2) is 36.4 Å². The Kier molecular flexibility index (Phi) is 3.64. The van der Waals surface area contributed by atoms with E-state index < -0.39 is 0 Å². The molecule has 0 aromatic heterocycles. The molecule has 2 aromatic rings. The Balaban J connectivity index is 1.97. The van der Waals surface area contributed by atoms with Gasteiger partial charge in [0.1, 0.15) is 5.82 Å². The highest BCUT2D eigenvalue weighted by Crippen LogP contribution is 2.35. The average Bonchev–Trinajstić information content (AvgIpc) is 2.85. The van der Waals surface area contributed by atoms with Gasteiger partial charge in [-0.1, -0.05) is 51.8 Å². The molecule has 0 bridgehead atoms. The van der Waals surface area contributed by atoms with Gasteiger partial charge in [-0.3, -0.25) is 0 Å². The maximum atomic E-state index is 13.9. The molecule has 0 heterocycles. The summed E-state index contributed by atoms with van der Waals surface area (Å²) in [4.78, 5) is -0.129. The highest BCUT2D eigenvalue weighted by Gasteiger charge is 2.18. The third-order valence-corrected chi connectivity index (χ3v) is 4.91. The standard InChI is InChI=1S/C16H13BrClF/c17-16(14-7-6-13(18)9-15(14)19)12-5-4-10-2-1-3-11(10)8-12/h4-9,16H,1-3H2. The van der Waals surface area contributed by atoms with Crippen molar-refractivity contribution in [3.8, 4) is 0 Å². The molecule has 98 valence electrons. The fraction of sp³-hybridized carbons (Fsp3) is 0.250. The molecule has 1 unspecified atom stereocenters. The number of fused-ring (bicyclic) bond motifs is 1. The van der Waals surface area contributed by atoms with E-state index in [9.17, 15) is 4.39 Å². The number of halogens is 3. The Hall–Kier alpha value is -0.860. The predicted molar refractivity (Wildman–Crippen MR) is 80.6 cm³/mol. The molecule has 19 heavy (non-hydrogen) atoms. The number of alkyl halides is 1. The lowest BCUT2D eigenvalue weighted by molar-refractivity contribution is 0.613. The van der Waals surface area contributed by atoms with E-state index in [2.05, 4.69) is 34.1 Å². The highest BCUT2D eigenvalue weighted by molar-refractivity contribution is 9.09. The lowest BCUT2D eigenvalue weighted by Crippen LogP contribution is -1.98. The van der Waals surface area contributed by atoms with Gasteiger partial charge >= 0.3 is 0 Å². The van der Waals surface area contributed by atoms with Crippen molar-refractivity contribution in [1.29, 1.82) is 0 Å². The van der Waals surface area contributed by atoms with Crippen molar-refractivity contribution in [2.75, 3.05) is 0 Å². The summed E-state index contributed by atoms with van der Waals surface area (Å²) < 4.78 is 13.9. The minimum Gasteiger partial charge on any atom is -0.207 e. The Morgan fingerprint density at radius 1 is 1.05 bits per heavy atom. The molecule has 1 aliphatic carbocycles. The van der Waals surface area contributed by atoms with E-state index in [1.165, 1.54) is 23.6 Å². The maximum Gasteiger partial charge on any atom is 0.129 e. The third kappa shape index (κ3) is 2.56. The maximum absolute atomic E-state index is 13.9. The van der Waals surface area contributed by atoms with Crippen LogP contribution in [0.25, 0.3) is 0 Å². The number of benzene rings is 2. The molecule has 2 aromatic carbocycles. The van der Waals surface area contributed by atoms with Crippen molar-refractivity contribution in [2.24, 2.45) is 0 Å². The van der Waals surface area contributed by atoms with Crippen LogP contribution in [0.2, 0.25) is 5.02 Å². The molecular formula is C16H13BrClF. The Morgan fingerprint density at radius 3 is 2.63 bits per heavy atom. The first kappa shape index (κ1) is 13.1. The summed E-state index contributed by atoms with van der Waals surface area (Å²) in [5.74, 6) is -0.269. The van der Waals surface area contributed by atoms with Crippen LogP contribution < -0.4 is 0 Å². The van der Waals surface area contributed by atoms with Crippen LogP contribution in [-0.4, -0.2) is 0 Å². The fourth-order valence-corrected chi connectivity index (χ4v) is 3.45. The van der Waals surface area contributed by atoms with Crippen molar-refractivity contribution in [1.82, 2.24) is 0 Å². The van der Waals surface area contributed by atoms with Crippen LogP contribution in [0.5, 0.6) is 0 Å². The van der Waals surface area contributed by atoms with Gasteiger partial charge in [0.2, 0.25) is 0 Å². The van der Waals surface area contributed by atoms with E-state index in [0.29, 0.717) is 10.6 Å². The lowest BCUT2D eigenvalue weighted by atomic mass is 10.00. The van der Waals surface area contributed by atoms with E-state index in [1.54, 1.807) is 12.1 Å². The van der Waals surface area contributed by atoms with Crippen LogP contribution in [0.4, 0.5) is 4.39 Å². The van der Waals surface area contributed by atoms with E-state index in [1.807, 2.05) is 0 Å². The summed E-state index contributed by atoms with van der Waals surface area (Å²) in [6, 6.07) is 11.3. The Labute approximate surface area is 125 Å². The van der Waals surface area contributed by atoms with Gasteiger partial charge < -0.3 is 0 Å². The van der Waals surface area contributed by atoms with E-state index in [-0.39, 0.29) is 10.6 Å². The molecule has 3 rings (SSSR count). The topological polar surface area (TPSA) is 0 Å². The first-order valence-electron chi connectivity index (χ1n) is 6.36. The van der Waals surface area contributed by atoms with Crippen LogP contribution in [0, 0.1) is 5.82 Å². The minimum atomic E-state index is -0.269. The lowest BCUT2D eigenvalue weighted by Gasteiger charge is -2.13. The predicted octanol–water partition coefficient (Wildman–Crippen LogP) is 5.45. The zero-order valence-electron chi connectivity index (χ0n) is 10.3. The van der Waals surface area contributed by atoms with Crippen LogP contribution >= 0.6 is 27.5 Å². The summed E-state index contributed by atoms with van der Waals surface area (Å²) >= 11 is 9.38. The van der Waals surface area contributed by atoms with Gasteiger partial charge in [-0.25, -0.2) is 4.39 Å². The number of rotatable bonds is 2. The van der Waals surface area contributed by atoms with Crippen molar-refractivity contribution in [3.63, 3.8) is 0 Å². The van der Waals surface area contributed by atoms with Crippen LogP contribution in [0.1, 0.15) is 33.5 Å². The van der Waals surface area contributed by atoms with Gasteiger partial charge in [-0.2, -0.15) is 0 Å². The van der Waals surface area contributed by atoms with Gasteiger partial charge in [0.05, 0.1) is 4.83 Å². The van der Waals surface area contributed by atoms with Gasteiger partial charge in [-0.05, 0) is 48.1 Å². The molecule has 3 heteroatoms. The molecule has 0 amide bonds. The second kappa shape index (κ2) is 5.26. The van der Waals surface area contributed by atoms with Crippen molar-refractivity contribution in [2.45, 2.75) is 24.1 Å². The highest BCUT2D eigenvalue weighted by atomic mass is 79.9. The third-order valence-electron chi connectivity index (χ3n) is 3.65. The minimum absolute atomic E-state index is 0.129. The van der Waals surface area contributed by atoms with Crippen molar-refractivity contribution < 1.29 is 4.39 Å². The second-order valence-electron chi connectivity index (χ2n) is 4.91. The molecule has 0 radical (unpaired) electrons. The molecule has 0 N–H and O–H groups in total. The molecule has 0 spiro atoms. The quantitative estimate of drug-likeness (QED) is 0.638. The summed E-state index contributed by atoms with van der Waals surface area (Å²) in [7, 11) is 0. The smallest absolute Gasteiger partial charge is 0.129 e. The molecule has 0 saturated heterocycles. The summed E-state index contributed by atoms with van der Waals surface area (Å²) in [5, 5.41) is 0.426. The van der Waals surface area contributed by atoms with E-state index in [0.717, 1.165) is 18.4 Å². The second-order valence-corrected chi connectivity index (χ2v) is 6.26. The SMILES string of the molecule is Fc1cc(Cl)ccc1C(Br)c1ccc2c(c1)CCC2. The van der Waals surface area contributed by atoms with Gasteiger partial charge in [0.25, 0.3) is 0 Å². The summed E-state index contributed by atoms with van der Waals surface area (Å²) in [6.07, 6.45) is 3.52. The van der Waals surface area contributed by atoms with Gasteiger partial charge in [-0.15, -0.1) is 0 Å².